The van der Waals surface area contributed by atoms with Crippen LogP contribution in [0.2, 0.25) is 0 Å². The first-order chi connectivity index (χ1) is 54.2. The molecule has 111 heavy (non-hydrogen) atoms. The molecule has 9 rings (SSSR count). The van der Waals surface area contributed by atoms with Crippen molar-refractivity contribution in [1.82, 2.24) is 4.98 Å². The number of carbonyl (C=O) groups is 2. The van der Waals surface area contributed by atoms with Gasteiger partial charge in [0.15, 0.2) is 0 Å². The second-order valence-corrected chi connectivity index (χ2v) is 26.0. The van der Waals surface area contributed by atoms with Crippen molar-refractivity contribution < 1.29 is 109 Å². The van der Waals surface area contributed by atoms with Crippen LogP contribution >= 0.6 is 0 Å². The fourth-order valence-electron chi connectivity index (χ4n) is 12.6. The molecule has 0 amide bonds. The number of hydrogen-bond acceptors (Lipinski definition) is 26. The average molecular weight is 1540 g/mol. The van der Waals surface area contributed by atoms with Gasteiger partial charge in [0.2, 0.25) is 0 Å². The van der Waals surface area contributed by atoms with Crippen LogP contribution in [0.5, 0.6) is 34.5 Å². The summed E-state index contributed by atoms with van der Waals surface area (Å²) in [6.07, 6.45) is 8.46. The van der Waals surface area contributed by atoms with E-state index in [1.54, 1.807) is 58.8 Å². The van der Waals surface area contributed by atoms with Crippen molar-refractivity contribution in [3.05, 3.63) is 168 Å². The number of nitrogens with one attached hydrogen (secondary N) is 1. The van der Waals surface area contributed by atoms with E-state index < -0.39 is 17.9 Å². The fraction of sp³-hybridized carbons (Fsp3) is 0.488. The van der Waals surface area contributed by atoms with E-state index in [1.165, 1.54) is 7.11 Å². The standard InChI is InChI=1S/C84H108N4O23/c1-12-68-55(3)71-49-73-57(5)70(81(87-73)79-80(84(91)96-11)83(90)78-58(6)74(88-82(78)79)51-76-69(13-2)56(4)72(86-76)50-75(68)85-71)14-15-77(89)111-54-61-44-66(109-52-59-40-62(105-36-32-101-28-24-97-20-16-92-7)46-63(41-59)106-37-33-102-29-25-98-21-17-93-8)48-67(45-61)110-53-60-42-64(107-38-34-103-30-26-99-22-18-94-9)47-65(43-60)108-39-35-104-31-27-100-23-19-95-10/h12,40-51,80,85,90H,1,13-39,52-54H2,2-11H3. The van der Waals surface area contributed by atoms with Crippen molar-refractivity contribution in [1.29, 1.82) is 0 Å². The van der Waals surface area contributed by atoms with Crippen LogP contribution in [-0.4, -0.2) is 233 Å². The highest BCUT2D eigenvalue weighted by Gasteiger charge is 2.47. The number of esters is 2. The van der Waals surface area contributed by atoms with E-state index in [-0.39, 0.29) is 64.8 Å². The molecule has 8 bridgehead atoms. The minimum atomic E-state index is -1.27. The molecule has 5 aliphatic rings. The maximum atomic E-state index is 14.5. The molecule has 1 aliphatic carbocycles. The number of aromatic amines is 1. The zero-order valence-corrected chi connectivity index (χ0v) is 65.8. The van der Waals surface area contributed by atoms with Crippen molar-refractivity contribution in [3.8, 4) is 34.5 Å². The molecule has 0 saturated carbocycles. The van der Waals surface area contributed by atoms with Crippen LogP contribution < -0.4 is 39.1 Å². The number of fused-ring (bicyclic) bond motifs is 5. The molecule has 602 valence electrons. The molecule has 3 aromatic carbocycles. The quantitative estimate of drug-likeness (QED) is 0.0307. The lowest BCUT2D eigenvalue weighted by atomic mass is 9.92. The van der Waals surface area contributed by atoms with Gasteiger partial charge in [-0.1, -0.05) is 19.6 Å². The molecule has 0 saturated heterocycles. The summed E-state index contributed by atoms with van der Waals surface area (Å²) in [6.45, 7) is 23.3. The van der Waals surface area contributed by atoms with Gasteiger partial charge in [0.25, 0.3) is 0 Å². The average Bonchev–Trinajstić information content (AvgIpc) is 1.56. The SMILES string of the molecule is C=Cc1c(C)c2[nH]c1=CC1=NC(=CC3=C(C)C4=C(O)C(C(=O)OC)C(=C5N=C(C=2)C(C)=C5CCC(=O)OCc2cc(OCc5cc(OCCOCCOCCOC)cc(OCCOCCOCCOC)c5)cc(OCc5cc(OCCOCCOCCOC)cc(OCCOCCOCCOC)c5)c2)C4=N3)C(CC)=C1C. The Hall–Kier alpha value is -9.07. The number of rotatable bonds is 54. The molecule has 27 heteroatoms. The number of methoxy groups -OCH3 is 5. The van der Waals surface area contributed by atoms with E-state index in [0.717, 1.165) is 50.0 Å². The first-order valence-electron chi connectivity index (χ1n) is 37.5. The second kappa shape index (κ2) is 46.1. The molecular weight excluding hydrogens is 1430 g/mol. The lowest BCUT2D eigenvalue weighted by Crippen LogP contribution is -2.21. The normalized spacial score (nSPS) is 15.1. The summed E-state index contributed by atoms with van der Waals surface area (Å²) in [5.41, 5.74) is 12.2. The van der Waals surface area contributed by atoms with Crippen LogP contribution in [0.15, 0.2) is 144 Å². The summed E-state index contributed by atoms with van der Waals surface area (Å²) in [5.74, 6) is 0.164. The van der Waals surface area contributed by atoms with Gasteiger partial charge in [-0.15, -0.1) is 0 Å². The smallest absolute Gasteiger partial charge is 0.321 e. The Morgan fingerprint density at radius 2 is 0.865 bits per heavy atom. The zero-order valence-electron chi connectivity index (χ0n) is 65.8. The Morgan fingerprint density at radius 3 is 1.29 bits per heavy atom. The summed E-state index contributed by atoms with van der Waals surface area (Å²) in [6, 6.07) is 16.4. The summed E-state index contributed by atoms with van der Waals surface area (Å²) in [5, 5.41) is 13.8. The molecular formula is C84H108N4O23. The lowest BCUT2D eigenvalue weighted by Gasteiger charge is -2.16. The van der Waals surface area contributed by atoms with Crippen LogP contribution in [-0.2, 0) is 95.7 Å². The highest BCUT2D eigenvalue weighted by Crippen LogP contribution is 2.48. The largest absolute Gasteiger partial charge is 0.510 e. The number of benzene rings is 3. The third-order valence-corrected chi connectivity index (χ3v) is 18.3. The number of H-pyrrole nitrogens is 1. The van der Waals surface area contributed by atoms with E-state index in [9.17, 15) is 14.7 Å². The van der Waals surface area contributed by atoms with Gasteiger partial charge in [-0.25, -0.2) is 15.0 Å². The van der Waals surface area contributed by atoms with E-state index >= 15 is 0 Å². The molecule has 0 radical (unpaired) electrons. The highest BCUT2D eigenvalue weighted by molar-refractivity contribution is 6.27. The van der Waals surface area contributed by atoms with E-state index in [4.69, 9.17) is 110 Å². The third kappa shape index (κ3) is 25.5. The monoisotopic (exact) mass is 1540 g/mol. The molecule has 4 aromatic rings. The van der Waals surface area contributed by atoms with Crippen LogP contribution in [0.1, 0.15) is 74.8 Å². The molecule has 27 nitrogen and oxygen atoms in total. The highest BCUT2D eigenvalue weighted by atomic mass is 16.6. The van der Waals surface area contributed by atoms with E-state index in [2.05, 4.69) is 25.4 Å². The number of carbonyl (C=O) groups excluding carboxylic acids is 2. The number of allylic oxidation sites excluding steroid dienone is 7. The van der Waals surface area contributed by atoms with Gasteiger partial charge in [-0.2, -0.15) is 0 Å². The number of aromatic nitrogens is 1. The van der Waals surface area contributed by atoms with Crippen LogP contribution in [0, 0.1) is 12.8 Å². The third-order valence-electron chi connectivity index (χ3n) is 18.3. The number of aliphatic imine (C=N–C) groups is 3. The van der Waals surface area contributed by atoms with E-state index in [0.29, 0.717) is 235 Å². The maximum Gasteiger partial charge on any atom is 0.321 e. The molecule has 5 heterocycles. The van der Waals surface area contributed by atoms with Crippen LogP contribution in [0.4, 0.5) is 0 Å². The Kier molecular flexibility index (Phi) is 35.7. The Labute approximate surface area is 649 Å². The molecule has 0 fully saturated rings. The van der Waals surface area contributed by atoms with Gasteiger partial charge in [0.1, 0.15) is 92.4 Å². The lowest BCUT2D eigenvalue weighted by molar-refractivity contribution is -0.145. The minimum absolute atomic E-state index is 0.0429. The van der Waals surface area contributed by atoms with Gasteiger partial charge < -0.3 is 105 Å². The van der Waals surface area contributed by atoms with Gasteiger partial charge in [0, 0.05) is 80.5 Å². The van der Waals surface area contributed by atoms with Crippen molar-refractivity contribution >= 4 is 47.3 Å². The fourth-order valence-corrected chi connectivity index (χ4v) is 12.6. The van der Waals surface area contributed by atoms with E-state index in [1.807, 2.05) is 69.3 Å². The molecule has 1 atom stereocenters. The van der Waals surface area contributed by atoms with Crippen molar-refractivity contribution in [2.45, 2.75) is 73.7 Å². The maximum absolute atomic E-state index is 14.5. The summed E-state index contributed by atoms with van der Waals surface area (Å²) < 4.78 is 115. The Bertz CT molecular complexity index is 4040. The predicted octanol–water partition coefficient (Wildman–Crippen LogP) is 9.89. The van der Waals surface area contributed by atoms with Gasteiger partial charge in [-0.05, 0) is 145 Å². The zero-order chi connectivity index (χ0) is 78.7. The molecule has 1 aromatic heterocycles. The van der Waals surface area contributed by atoms with Crippen molar-refractivity contribution in [3.63, 3.8) is 0 Å². The molecule has 0 spiro atoms. The second-order valence-electron chi connectivity index (χ2n) is 26.0. The minimum Gasteiger partial charge on any atom is -0.510 e. The van der Waals surface area contributed by atoms with Gasteiger partial charge in [-0.3, -0.25) is 9.59 Å². The van der Waals surface area contributed by atoms with Crippen molar-refractivity contribution in [2.24, 2.45) is 20.9 Å². The van der Waals surface area contributed by atoms with Crippen LogP contribution in [0.25, 0.3) is 18.2 Å². The summed E-state index contributed by atoms with van der Waals surface area (Å²) in [4.78, 5) is 47.8. The Morgan fingerprint density at radius 1 is 0.468 bits per heavy atom. The number of aliphatic hydroxyl groups is 1. The summed E-state index contributed by atoms with van der Waals surface area (Å²) >= 11 is 0. The first-order valence-corrected chi connectivity index (χ1v) is 37.5. The molecule has 1 unspecified atom stereocenters. The van der Waals surface area contributed by atoms with Gasteiger partial charge in [0.05, 0.1) is 173 Å². The van der Waals surface area contributed by atoms with Gasteiger partial charge >= 0.3 is 11.9 Å². The predicted molar refractivity (Wildman–Crippen MR) is 418 cm³/mol. The molecule has 2 N–H and O–H groups in total. The van der Waals surface area contributed by atoms with Crippen molar-refractivity contribution in [2.75, 3.05) is 194 Å². The number of hydrogen-bond donors (Lipinski definition) is 2. The Balaban J connectivity index is 0.987. The first kappa shape index (κ1) is 85.9. The summed E-state index contributed by atoms with van der Waals surface area (Å²) in [7, 11) is 7.77. The topological polar surface area (TPSA) is 292 Å². The number of aliphatic hydroxyl groups excluding tert-OH is 1. The van der Waals surface area contributed by atoms with Crippen LogP contribution in [0.3, 0.4) is 0 Å². The number of nitrogens with zero attached hydrogens (tertiary/aromatic N) is 3. The molecule has 4 aliphatic heterocycles. The number of ether oxygens (including phenoxy) is 20.